The van der Waals surface area contributed by atoms with Gasteiger partial charge in [-0.15, -0.1) is 0 Å². The van der Waals surface area contributed by atoms with Gasteiger partial charge in [0.05, 0.1) is 61.0 Å². The van der Waals surface area contributed by atoms with Crippen LogP contribution in [0.4, 0.5) is 0 Å². The van der Waals surface area contributed by atoms with Crippen LogP contribution in [0.1, 0.15) is 67.1 Å². The number of aliphatic hydroxyl groups excluding tert-OH is 1. The Kier molecular flexibility index (Phi) is 15.1. The maximum Gasteiger partial charge on any atom is 0.302 e. The lowest BCUT2D eigenvalue weighted by molar-refractivity contribution is -0.150. The van der Waals surface area contributed by atoms with Crippen molar-refractivity contribution in [2.75, 3.05) is 70.5 Å². The Morgan fingerprint density at radius 3 is 1.51 bits per heavy atom. The van der Waals surface area contributed by atoms with Gasteiger partial charge >= 0.3 is 5.97 Å². The van der Waals surface area contributed by atoms with Crippen LogP contribution in [-0.2, 0) is 41.3 Å². The molecule has 2 unspecified atom stereocenters. The van der Waals surface area contributed by atoms with E-state index >= 15 is 0 Å². The molecule has 0 heterocycles. The molecule has 2 aromatic carbocycles. The second kappa shape index (κ2) is 18.7. The third-order valence-electron chi connectivity index (χ3n) is 8.14. The molecule has 0 saturated heterocycles. The number of hydrogen-bond acceptors (Lipinski definition) is 13. The first-order valence-corrected chi connectivity index (χ1v) is 15.4. The highest BCUT2D eigenvalue weighted by molar-refractivity contribution is 5.66. The number of methoxy groups -OCH3 is 8. The Morgan fingerprint density at radius 1 is 0.660 bits per heavy atom. The molecule has 0 aromatic heterocycles. The quantitative estimate of drug-likeness (QED) is 0.180. The highest BCUT2D eigenvalue weighted by atomic mass is 16.7. The summed E-state index contributed by atoms with van der Waals surface area (Å²) < 4.78 is 60.0. The Hall–Kier alpha value is -3.49. The van der Waals surface area contributed by atoms with Crippen LogP contribution in [0.25, 0.3) is 0 Å². The average Bonchev–Trinajstić information content (AvgIpc) is 3.34. The molecule has 13 nitrogen and oxygen atoms in total. The van der Waals surface area contributed by atoms with Gasteiger partial charge in [0.15, 0.2) is 23.0 Å². The van der Waals surface area contributed by atoms with Crippen molar-refractivity contribution in [3.8, 4) is 34.5 Å². The molecule has 2 aromatic rings. The van der Waals surface area contributed by atoms with Crippen LogP contribution >= 0.6 is 0 Å². The van der Waals surface area contributed by atoms with E-state index in [1.807, 2.05) is 12.1 Å². The molecule has 13 heteroatoms. The van der Waals surface area contributed by atoms with E-state index in [9.17, 15) is 9.90 Å². The minimum atomic E-state index is -0.434. The molecule has 2 aliphatic carbocycles. The summed E-state index contributed by atoms with van der Waals surface area (Å²) in [5.74, 6) is 3.20. The lowest BCUT2D eigenvalue weighted by atomic mass is 9.98. The number of fused-ring (bicyclic) bond motifs is 2. The van der Waals surface area contributed by atoms with Crippen molar-refractivity contribution in [1.82, 2.24) is 0 Å². The molecule has 0 fully saturated rings. The summed E-state index contributed by atoms with van der Waals surface area (Å²) in [5, 5.41) is 10.1. The second-order valence-electron chi connectivity index (χ2n) is 11.0. The summed E-state index contributed by atoms with van der Waals surface area (Å²) in [6.45, 7) is 1.71. The highest BCUT2D eigenvalue weighted by Gasteiger charge is 2.33. The Labute approximate surface area is 277 Å². The van der Waals surface area contributed by atoms with E-state index in [1.54, 1.807) is 56.9 Å². The van der Waals surface area contributed by atoms with Gasteiger partial charge < -0.3 is 57.2 Å². The molecule has 47 heavy (non-hydrogen) atoms. The maximum atomic E-state index is 11.4. The molecule has 1 N–H and O–H groups in total. The summed E-state index contributed by atoms with van der Waals surface area (Å²) in [5.41, 5.74) is 3.83. The van der Waals surface area contributed by atoms with Gasteiger partial charge in [0, 0.05) is 45.1 Å². The molecule has 0 amide bonds. The number of aliphatic hydroxyl groups is 1. The number of carbonyl (C=O) groups is 1. The van der Waals surface area contributed by atoms with Crippen molar-refractivity contribution in [2.45, 2.75) is 69.9 Å². The fourth-order valence-electron chi connectivity index (χ4n) is 6.11. The summed E-state index contributed by atoms with van der Waals surface area (Å²) in [6.07, 6.45) is 2.46. The molecule has 0 radical (unpaired) electrons. The van der Waals surface area contributed by atoms with Gasteiger partial charge in [0.25, 0.3) is 0 Å². The Balaban J connectivity index is 0.000000257. The summed E-state index contributed by atoms with van der Waals surface area (Å²) in [6, 6.07) is 3.79. The highest BCUT2D eigenvalue weighted by Crippen LogP contribution is 2.48. The molecule has 4 atom stereocenters. The van der Waals surface area contributed by atoms with Gasteiger partial charge in [-0.2, -0.15) is 0 Å². The van der Waals surface area contributed by atoms with Crippen molar-refractivity contribution >= 4 is 5.97 Å². The van der Waals surface area contributed by atoms with Crippen molar-refractivity contribution in [1.29, 1.82) is 0 Å². The number of hydrogen-bond donors (Lipinski definition) is 1. The number of carbonyl (C=O) groups excluding carboxylic acids is 1. The van der Waals surface area contributed by atoms with Crippen LogP contribution in [0.15, 0.2) is 12.1 Å². The van der Waals surface area contributed by atoms with Gasteiger partial charge in [-0.05, 0) is 48.9 Å². The van der Waals surface area contributed by atoms with Crippen LogP contribution < -0.4 is 28.4 Å². The molecule has 0 saturated carbocycles. The first-order chi connectivity index (χ1) is 22.7. The largest absolute Gasteiger partial charge is 0.493 e. The van der Waals surface area contributed by atoms with E-state index in [0.29, 0.717) is 73.0 Å². The third-order valence-corrected chi connectivity index (χ3v) is 8.14. The zero-order chi connectivity index (χ0) is 34.5. The molecule has 4 rings (SSSR count). The second-order valence-corrected chi connectivity index (χ2v) is 11.0. The topological polar surface area (TPSA) is 139 Å². The normalized spacial score (nSPS) is 20.2. The Bertz CT molecular complexity index is 1300. The summed E-state index contributed by atoms with van der Waals surface area (Å²) >= 11 is 0. The third kappa shape index (κ3) is 9.32. The smallest absolute Gasteiger partial charge is 0.302 e. The number of esters is 1. The minimum Gasteiger partial charge on any atom is -0.493 e. The molecule has 0 bridgehead atoms. The summed E-state index contributed by atoms with van der Waals surface area (Å²) in [4.78, 5) is 11.4. The van der Waals surface area contributed by atoms with Gasteiger partial charge in [0.1, 0.15) is 19.7 Å². The van der Waals surface area contributed by atoms with Gasteiger partial charge in [-0.3, -0.25) is 4.79 Å². The van der Waals surface area contributed by atoms with Crippen molar-refractivity contribution < 1.29 is 62.0 Å². The van der Waals surface area contributed by atoms with Crippen LogP contribution in [-0.4, -0.2) is 93.7 Å². The van der Waals surface area contributed by atoms with Gasteiger partial charge in [-0.25, -0.2) is 0 Å². The number of ether oxygens (including phenoxy) is 11. The number of rotatable bonds is 13. The molecular weight excluding hydrogens is 616 g/mol. The monoisotopic (exact) mass is 666 g/mol. The number of benzene rings is 2. The van der Waals surface area contributed by atoms with Crippen LogP contribution in [0.3, 0.4) is 0 Å². The first-order valence-electron chi connectivity index (χ1n) is 15.4. The zero-order valence-electron chi connectivity index (χ0n) is 29.0. The molecule has 2 aliphatic rings. The zero-order valence-corrected chi connectivity index (χ0v) is 29.0. The predicted molar refractivity (Wildman–Crippen MR) is 171 cm³/mol. The van der Waals surface area contributed by atoms with Gasteiger partial charge in [-0.1, -0.05) is 0 Å². The average molecular weight is 667 g/mol. The van der Waals surface area contributed by atoms with E-state index in [2.05, 4.69) is 0 Å². The van der Waals surface area contributed by atoms with E-state index in [-0.39, 0.29) is 37.9 Å². The Morgan fingerprint density at radius 2 is 1.11 bits per heavy atom. The minimum absolute atomic E-state index is 0.132. The summed E-state index contributed by atoms with van der Waals surface area (Å²) in [7, 11) is 12.6. The van der Waals surface area contributed by atoms with Crippen LogP contribution in [0, 0.1) is 0 Å². The fourth-order valence-corrected chi connectivity index (χ4v) is 6.11. The standard InChI is InChI=1S/C18H26O7.C16H24O6/c1-11(19)25-12-6-7-13-14(15(8-12)24-10-20-2)9-16(21-3)18(23-5)17(13)22-4;1-18-9-22-13-7-10(17)5-6-11-12(13)8-14(19-2)16(21-4)15(11)20-3/h9,12,15H,6-8,10H2,1-5H3;8,10,13,17H,5-7,9H2,1-4H3/t12-,15?;10-,13?/m11/s1. The maximum absolute atomic E-state index is 11.4. The van der Waals surface area contributed by atoms with Crippen LogP contribution in [0.5, 0.6) is 34.5 Å². The first kappa shape index (κ1) is 38.0. The van der Waals surface area contributed by atoms with E-state index in [0.717, 1.165) is 22.3 Å². The SMILES string of the molecule is COCOC1C[C@H](O)CCc2c1cc(OC)c(OC)c2OC.COCOC1C[C@H](OC(C)=O)CCc2c1cc(OC)c(OC)c2OC. The van der Waals surface area contributed by atoms with E-state index in [1.165, 1.54) is 6.92 Å². The van der Waals surface area contributed by atoms with Crippen molar-refractivity contribution in [2.24, 2.45) is 0 Å². The molecule has 0 aliphatic heterocycles. The predicted octanol–water partition coefficient (Wildman–Crippen LogP) is 4.71. The van der Waals surface area contributed by atoms with Crippen LogP contribution in [0.2, 0.25) is 0 Å². The van der Waals surface area contributed by atoms with Crippen molar-refractivity contribution in [3.63, 3.8) is 0 Å². The van der Waals surface area contributed by atoms with Crippen molar-refractivity contribution in [3.05, 3.63) is 34.4 Å². The molecule has 0 spiro atoms. The lowest BCUT2D eigenvalue weighted by Crippen LogP contribution is -2.19. The molecular formula is C34H50O13. The van der Waals surface area contributed by atoms with Gasteiger partial charge in [0.2, 0.25) is 11.5 Å². The van der Waals surface area contributed by atoms with E-state index in [4.69, 9.17) is 52.1 Å². The lowest BCUT2D eigenvalue weighted by Gasteiger charge is -2.23. The fraction of sp³-hybridized carbons (Fsp3) is 0.618. The molecule has 264 valence electrons. The van der Waals surface area contributed by atoms with E-state index < -0.39 is 6.10 Å².